The number of nitrogens with one attached hydrogen (secondary N) is 1. The van der Waals surface area contributed by atoms with E-state index >= 15 is 0 Å². The summed E-state index contributed by atoms with van der Waals surface area (Å²) in [4.78, 5) is 39.2. The molecule has 0 saturated heterocycles. The van der Waals surface area contributed by atoms with Crippen molar-refractivity contribution < 1.29 is 19.5 Å². The molecule has 7 heteroatoms. The summed E-state index contributed by atoms with van der Waals surface area (Å²) < 4.78 is 0. The summed E-state index contributed by atoms with van der Waals surface area (Å²) in [7, 11) is 0. The van der Waals surface area contributed by atoms with E-state index in [1.807, 2.05) is 53.4 Å². The second-order valence-corrected chi connectivity index (χ2v) is 9.85. The number of carboxylic acid groups (broad SMARTS) is 1. The van der Waals surface area contributed by atoms with Crippen molar-refractivity contribution in [1.29, 1.82) is 0 Å². The molecule has 2 atom stereocenters. The third-order valence-electron chi connectivity index (χ3n) is 6.88. The Hall–Kier alpha value is -3.64. The zero-order valence-electron chi connectivity index (χ0n) is 20.8. The number of hydrogen-bond acceptors (Lipinski definition) is 3. The second kappa shape index (κ2) is 12.1. The Bertz CT molecular complexity index is 1230. The van der Waals surface area contributed by atoms with Crippen LogP contribution in [0.5, 0.6) is 0 Å². The number of hydrogen-bond donors (Lipinski definition) is 2. The van der Waals surface area contributed by atoms with Gasteiger partial charge in [0.25, 0.3) is 5.91 Å². The monoisotopic (exact) mass is 518 g/mol. The number of fused-ring (bicyclic) bond motifs is 1. The summed E-state index contributed by atoms with van der Waals surface area (Å²) in [5.41, 5.74) is 4.70. The largest absolute Gasteiger partial charge is 0.481 e. The normalized spacial score (nSPS) is 14.1. The van der Waals surface area contributed by atoms with Gasteiger partial charge in [0.15, 0.2) is 0 Å². The van der Waals surface area contributed by atoms with Gasteiger partial charge >= 0.3 is 5.97 Å². The highest BCUT2D eigenvalue weighted by molar-refractivity contribution is 6.30. The molecule has 1 unspecified atom stereocenters. The highest BCUT2D eigenvalue weighted by atomic mass is 35.5. The Morgan fingerprint density at radius 1 is 0.919 bits per heavy atom. The molecule has 6 nitrogen and oxygen atoms in total. The van der Waals surface area contributed by atoms with Gasteiger partial charge in [-0.25, -0.2) is 0 Å². The summed E-state index contributed by atoms with van der Waals surface area (Å²) in [6.07, 6.45) is 1.55. The molecule has 192 valence electrons. The number of aliphatic carboxylic acids is 1. The van der Waals surface area contributed by atoms with Crippen LogP contribution in [-0.2, 0) is 22.7 Å². The van der Waals surface area contributed by atoms with Gasteiger partial charge in [-0.15, -0.1) is 0 Å². The average Bonchev–Trinajstić information content (AvgIpc) is 3.34. The predicted molar refractivity (Wildman–Crippen MR) is 144 cm³/mol. The van der Waals surface area contributed by atoms with Gasteiger partial charge in [0.2, 0.25) is 5.91 Å². The first kappa shape index (κ1) is 26.4. The Morgan fingerprint density at radius 3 is 2.08 bits per heavy atom. The topological polar surface area (TPSA) is 86.7 Å². The van der Waals surface area contributed by atoms with Crippen molar-refractivity contribution in [2.75, 3.05) is 6.54 Å². The molecular formula is C30H31ClN2O4. The van der Waals surface area contributed by atoms with E-state index in [4.69, 9.17) is 16.7 Å². The first-order valence-electron chi connectivity index (χ1n) is 12.6. The van der Waals surface area contributed by atoms with Gasteiger partial charge < -0.3 is 15.3 Å². The molecule has 37 heavy (non-hydrogen) atoms. The molecule has 4 rings (SSSR count). The maximum Gasteiger partial charge on any atom is 0.305 e. The van der Waals surface area contributed by atoms with E-state index < -0.39 is 11.9 Å². The lowest BCUT2D eigenvalue weighted by Crippen LogP contribution is -2.34. The van der Waals surface area contributed by atoms with Crippen molar-refractivity contribution in [3.8, 4) is 0 Å². The Kier molecular flexibility index (Phi) is 8.62. The minimum absolute atomic E-state index is 0.0692. The third-order valence-corrected chi connectivity index (χ3v) is 7.13. The lowest BCUT2D eigenvalue weighted by atomic mass is 9.77. The van der Waals surface area contributed by atoms with Gasteiger partial charge in [-0.1, -0.05) is 73.5 Å². The van der Waals surface area contributed by atoms with Crippen LogP contribution in [-0.4, -0.2) is 34.3 Å². The lowest BCUT2D eigenvalue weighted by Gasteiger charge is -2.31. The lowest BCUT2D eigenvalue weighted by molar-refractivity contribution is -0.137. The zero-order chi connectivity index (χ0) is 26.4. The van der Waals surface area contributed by atoms with Crippen molar-refractivity contribution in [2.24, 2.45) is 0 Å². The summed E-state index contributed by atoms with van der Waals surface area (Å²) in [6.45, 7) is 3.35. The van der Waals surface area contributed by atoms with Crippen molar-refractivity contribution >= 4 is 29.4 Å². The van der Waals surface area contributed by atoms with E-state index in [0.29, 0.717) is 23.7 Å². The van der Waals surface area contributed by atoms with Gasteiger partial charge in [0, 0.05) is 30.2 Å². The van der Waals surface area contributed by atoms with Crippen LogP contribution in [0.15, 0.2) is 72.8 Å². The molecule has 0 spiro atoms. The molecule has 1 heterocycles. The van der Waals surface area contributed by atoms with Gasteiger partial charge in [0.1, 0.15) is 0 Å². The molecule has 0 aromatic heterocycles. The number of carbonyl (C=O) groups is 3. The average molecular weight is 519 g/mol. The molecule has 2 amide bonds. The molecule has 1 aliphatic rings. The Labute approximate surface area is 222 Å². The molecule has 2 N–H and O–H groups in total. The zero-order valence-corrected chi connectivity index (χ0v) is 21.6. The van der Waals surface area contributed by atoms with Gasteiger partial charge in [-0.2, -0.15) is 0 Å². The van der Waals surface area contributed by atoms with Crippen LogP contribution < -0.4 is 5.32 Å². The number of halogens is 1. The summed E-state index contributed by atoms with van der Waals surface area (Å²) >= 11 is 6.18. The van der Waals surface area contributed by atoms with Crippen LogP contribution in [0.4, 0.5) is 0 Å². The van der Waals surface area contributed by atoms with E-state index in [1.54, 1.807) is 12.1 Å². The van der Waals surface area contributed by atoms with E-state index in [-0.39, 0.29) is 30.7 Å². The summed E-state index contributed by atoms with van der Waals surface area (Å²) in [5.74, 6) is -1.70. The van der Waals surface area contributed by atoms with Crippen LogP contribution in [0.1, 0.15) is 70.6 Å². The second-order valence-electron chi connectivity index (χ2n) is 9.41. The van der Waals surface area contributed by atoms with Gasteiger partial charge in [-0.3, -0.25) is 14.4 Å². The highest BCUT2D eigenvalue weighted by Gasteiger charge is 2.36. The number of carboxylic acids is 1. The maximum absolute atomic E-state index is 14.1. The standard InChI is InChI=1S/C30H31ClN2O4/c1-2-5-26(20-8-10-22(11-9-20)29(36)32-17-16-27(34)35)28(21-12-14-25(31)15-13-21)30(37)33-18-23-6-3-4-7-24(23)19-33/h3-4,6-15,26,28H,2,5,16-19H2,1H3,(H,32,36)(H,34,35)/t26?,28-/m0/s1. The molecule has 3 aromatic rings. The minimum atomic E-state index is -0.961. The van der Waals surface area contributed by atoms with Crippen LogP contribution >= 0.6 is 11.6 Å². The molecule has 3 aromatic carbocycles. The van der Waals surface area contributed by atoms with Crippen LogP contribution in [0, 0.1) is 0 Å². The SMILES string of the molecule is CCCC(c1ccc(C(=O)NCCC(=O)O)cc1)[C@@H](C(=O)N1Cc2ccccc2C1)c1ccc(Cl)cc1. The Morgan fingerprint density at radius 2 is 1.51 bits per heavy atom. The van der Waals surface area contributed by atoms with Crippen LogP contribution in [0.25, 0.3) is 0 Å². The number of carbonyl (C=O) groups excluding carboxylic acids is 2. The summed E-state index contributed by atoms with van der Waals surface area (Å²) in [5, 5.41) is 12.0. The molecular weight excluding hydrogens is 488 g/mol. The fourth-order valence-corrected chi connectivity index (χ4v) is 5.13. The fourth-order valence-electron chi connectivity index (χ4n) is 5.01. The molecule has 1 aliphatic heterocycles. The third kappa shape index (κ3) is 6.38. The van der Waals surface area contributed by atoms with Gasteiger partial charge in [-0.05, 0) is 58.9 Å². The van der Waals surface area contributed by atoms with E-state index in [1.165, 1.54) is 11.1 Å². The number of rotatable bonds is 10. The Balaban J connectivity index is 1.62. The quantitative estimate of drug-likeness (QED) is 0.357. The molecule has 0 saturated carbocycles. The van der Waals surface area contributed by atoms with Gasteiger partial charge in [0.05, 0.1) is 12.3 Å². The van der Waals surface area contributed by atoms with Crippen LogP contribution in [0.3, 0.4) is 0 Å². The first-order chi connectivity index (χ1) is 17.9. The van der Waals surface area contributed by atoms with E-state index in [0.717, 1.165) is 24.0 Å². The fraction of sp³-hybridized carbons (Fsp3) is 0.300. The highest BCUT2D eigenvalue weighted by Crippen LogP contribution is 2.40. The van der Waals surface area contributed by atoms with E-state index in [2.05, 4.69) is 24.4 Å². The first-order valence-corrected chi connectivity index (χ1v) is 13.0. The smallest absolute Gasteiger partial charge is 0.305 e. The predicted octanol–water partition coefficient (Wildman–Crippen LogP) is 5.75. The van der Waals surface area contributed by atoms with Crippen molar-refractivity contribution in [3.05, 3.63) is 106 Å². The van der Waals surface area contributed by atoms with Crippen molar-refractivity contribution in [1.82, 2.24) is 10.2 Å². The summed E-state index contributed by atoms with van der Waals surface area (Å²) in [6, 6.07) is 22.9. The minimum Gasteiger partial charge on any atom is -0.481 e. The number of benzene rings is 3. The molecule has 0 aliphatic carbocycles. The maximum atomic E-state index is 14.1. The number of nitrogens with zero attached hydrogens (tertiary/aromatic N) is 1. The van der Waals surface area contributed by atoms with Crippen LogP contribution in [0.2, 0.25) is 5.02 Å². The molecule has 0 fully saturated rings. The molecule has 0 radical (unpaired) electrons. The molecule has 0 bridgehead atoms. The van der Waals surface area contributed by atoms with E-state index in [9.17, 15) is 14.4 Å². The van der Waals surface area contributed by atoms with Crippen molar-refractivity contribution in [2.45, 2.75) is 51.1 Å². The van der Waals surface area contributed by atoms with Crippen molar-refractivity contribution in [3.63, 3.8) is 0 Å². The number of amides is 2.